The van der Waals surface area contributed by atoms with Gasteiger partial charge in [-0.05, 0) is 17.5 Å². The van der Waals surface area contributed by atoms with E-state index in [9.17, 15) is 14.9 Å². The average Bonchev–Trinajstić information content (AvgIpc) is 2.33. The fourth-order valence-corrected chi connectivity index (χ4v) is 2.77. The molecular formula is C13H15BrN2O4. The molecule has 7 heteroatoms. The Balaban J connectivity index is 1.93. The normalized spacial score (nSPS) is 17.5. The number of halogens is 1. The maximum atomic E-state index is 10.9. The molecule has 0 aliphatic carbocycles. The first kappa shape index (κ1) is 14.9. The average molecular weight is 343 g/mol. The first-order valence-corrected chi connectivity index (χ1v) is 7.05. The first-order chi connectivity index (χ1) is 9.38. The highest BCUT2D eigenvalue weighted by Crippen LogP contribution is 2.29. The minimum absolute atomic E-state index is 0.0570. The van der Waals surface area contributed by atoms with Crippen molar-refractivity contribution in [1.29, 1.82) is 0 Å². The largest absolute Gasteiger partial charge is 0.481 e. The van der Waals surface area contributed by atoms with E-state index < -0.39 is 10.9 Å². The Morgan fingerprint density at radius 3 is 2.75 bits per heavy atom. The zero-order valence-corrected chi connectivity index (χ0v) is 12.5. The van der Waals surface area contributed by atoms with Gasteiger partial charge in [-0.2, -0.15) is 0 Å². The van der Waals surface area contributed by atoms with Gasteiger partial charge in [-0.3, -0.25) is 19.8 Å². The number of likely N-dealkylation sites (tertiary alicyclic amines) is 1. The maximum Gasteiger partial charge on any atom is 0.306 e. The Labute approximate surface area is 124 Å². The van der Waals surface area contributed by atoms with Crippen molar-refractivity contribution in [2.45, 2.75) is 13.5 Å². The molecule has 2 rings (SSSR count). The second-order valence-electron chi connectivity index (χ2n) is 5.11. The third kappa shape index (κ3) is 3.16. The summed E-state index contributed by atoms with van der Waals surface area (Å²) < 4.78 is 0.710. The molecule has 0 spiro atoms. The van der Waals surface area contributed by atoms with Crippen LogP contribution in [0.25, 0.3) is 0 Å². The van der Waals surface area contributed by atoms with Crippen molar-refractivity contribution < 1.29 is 14.8 Å². The first-order valence-electron chi connectivity index (χ1n) is 6.26. The molecule has 1 unspecified atom stereocenters. The van der Waals surface area contributed by atoms with Gasteiger partial charge in [-0.1, -0.05) is 22.9 Å². The molecule has 1 N–H and O–H groups in total. The summed E-state index contributed by atoms with van der Waals surface area (Å²) in [6.45, 7) is 3.89. The summed E-state index contributed by atoms with van der Waals surface area (Å²) in [6, 6.07) is 4.71. The summed E-state index contributed by atoms with van der Waals surface area (Å²) in [7, 11) is 0. The van der Waals surface area contributed by atoms with Gasteiger partial charge in [0.15, 0.2) is 0 Å². The van der Waals surface area contributed by atoms with Gasteiger partial charge in [0.2, 0.25) is 0 Å². The van der Waals surface area contributed by atoms with Crippen molar-refractivity contribution in [3.05, 3.63) is 38.3 Å². The molecule has 6 nitrogen and oxygen atoms in total. The van der Waals surface area contributed by atoms with E-state index in [1.54, 1.807) is 13.0 Å². The summed E-state index contributed by atoms with van der Waals surface area (Å²) in [6.07, 6.45) is 0. The van der Waals surface area contributed by atoms with Crippen LogP contribution in [0.2, 0.25) is 0 Å². The second kappa shape index (κ2) is 5.88. The molecular weight excluding hydrogens is 328 g/mol. The van der Waals surface area contributed by atoms with Crippen molar-refractivity contribution in [2.24, 2.45) is 11.8 Å². The lowest BCUT2D eigenvalue weighted by molar-refractivity contribution is -0.384. The molecule has 1 aromatic rings. The van der Waals surface area contributed by atoms with Gasteiger partial charge in [0, 0.05) is 36.2 Å². The summed E-state index contributed by atoms with van der Waals surface area (Å²) in [4.78, 5) is 23.2. The number of non-ortho nitro benzene ring substituents is 1. The van der Waals surface area contributed by atoms with Crippen LogP contribution in [-0.4, -0.2) is 34.0 Å². The van der Waals surface area contributed by atoms with Crippen LogP contribution < -0.4 is 0 Å². The fourth-order valence-electron chi connectivity index (χ4n) is 2.28. The van der Waals surface area contributed by atoms with Gasteiger partial charge >= 0.3 is 5.97 Å². The smallest absolute Gasteiger partial charge is 0.306 e. The molecule has 1 heterocycles. The van der Waals surface area contributed by atoms with Gasteiger partial charge in [0.05, 0.1) is 10.8 Å². The van der Waals surface area contributed by atoms with Crippen molar-refractivity contribution in [3.63, 3.8) is 0 Å². The number of carbonyl (C=O) groups is 1. The van der Waals surface area contributed by atoms with Crippen LogP contribution in [0.4, 0.5) is 5.69 Å². The summed E-state index contributed by atoms with van der Waals surface area (Å²) >= 11 is 3.34. The van der Waals surface area contributed by atoms with Crippen molar-refractivity contribution >= 4 is 27.6 Å². The molecule has 0 radical (unpaired) electrons. The third-order valence-corrected chi connectivity index (χ3v) is 4.46. The van der Waals surface area contributed by atoms with Gasteiger partial charge in [0.25, 0.3) is 5.69 Å². The summed E-state index contributed by atoms with van der Waals surface area (Å²) in [5, 5.41) is 19.6. The highest BCUT2D eigenvalue weighted by Gasteiger charge is 2.34. The maximum absolute atomic E-state index is 10.9. The Kier molecular flexibility index (Phi) is 4.39. The van der Waals surface area contributed by atoms with Gasteiger partial charge in [-0.25, -0.2) is 0 Å². The number of benzene rings is 1. The van der Waals surface area contributed by atoms with Gasteiger partial charge in [0.1, 0.15) is 0 Å². The summed E-state index contributed by atoms with van der Waals surface area (Å²) in [5.41, 5.74) is 1.03. The van der Waals surface area contributed by atoms with E-state index in [-0.39, 0.29) is 17.5 Å². The van der Waals surface area contributed by atoms with Crippen LogP contribution in [0.3, 0.4) is 0 Å². The van der Waals surface area contributed by atoms with Gasteiger partial charge in [-0.15, -0.1) is 0 Å². The number of nitro groups is 1. The quantitative estimate of drug-likeness (QED) is 0.656. The highest BCUT2D eigenvalue weighted by atomic mass is 79.9. The van der Waals surface area contributed by atoms with E-state index in [0.717, 1.165) is 18.7 Å². The number of nitro benzene ring substituents is 1. The van der Waals surface area contributed by atoms with Crippen molar-refractivity contribution in [2.75, 3.05) is 13.1 Å². The van der Waals surface area contributed by atoms with Crippen LogP contribution in [-0.2, 0) is 11.3 Å². The Morgan fingerprint density at radius 2 is 2.25 bits per heavy atom. The number of hydrogen-bond acceptors (Lipinski definition) is 4. The monoisotopic (exact) mass is 342 g/mol. The van der Waals surface area contributed by atoms with E-state index in [1.165, 1.54) is 12.1 Å². The molecule has 1 aliphatic rings. The predicted molar refractivity (Wildman–Crippen MR) is 76.4 cm³/mol. The second-order valence-corrected chi connectivity index (χ2v) is 5.97. The molecule has 1 fully saturated rings. The number of aliphatic carboxylic acids is 1. The van der Waals surface area contributed by atoms with E-state index in [1.807, 2.05) is 0 Å². The molecule has 0 bridgehead atoms. The molecule has 1 aliphatic heterocycles. The SMILES string of the molecule is CC(C(=O)O)C1CN(Cc2ccc([N+](=O)[O-])cc2Br)C1. The van der Waals surface area contributed by atoms with Crippen molar-refractivity contribution in [3.8, 4) is 0 Å². The van der Waals surface area contributed by atoms with Crippen LogP contribution >= 0.6 is 15.9 Å². The summed E-state index contributed by atoms with van der Waals surface area (Å²) in [5.74, 6) is -0.901. The number of carboxylic acids is 1. The van der Waals surface area contributed by atoms with E-state index in [2.05, 4.69) is 20.8 Å². The lowest BCUT2D eigenvalue weighted by Gasteiger charge is -2.41. The topological polar surface area (TPSA) is 83.7 Å². The number of carboxylic acid groups (broad SMARTS) is 1. The molecule has 0 saturated carbocycles. The standard InChI is InChI=1S/C13H15BrN2O4/c1-8(13(17)18)10-6-15(7-10)5-9-2-3-11(16(19)20)4-12(9)14/h2-4,8,10H,5-7H2,1H3,(H,17,18). The van der Waals surface area contributed by atoms with Crippen molar-refractivity contribution in [1.82, 2.24) is 4.90 Å². The lowest BCUT2D eigenvalue weighted by atomic mass is 9.87. The third-order valence-electron chi connectivity index (χ3n) is 3.72. The predicted octanol–water partition coefficient (Wildman–Crippen LogP) is 2.51. The minimum atomic E-state index is -0.758. The molecule has 20 heavy (non-hydrogen) atoms. The van der Waals surface area contributed by atoms with Gasteiger partial charge < -0.3 is 5.11 Å². The highest BCUT2D eigenvalue weighted by molar-refractivity contribution is 9.10. The number of rotatable bonds is 5. The molecule has 1 atom stereocenters. The Hall–Kier alpha value is -1.47. The van der Waals surface area contributed by atoms with E-state index in [4.69, 9.17) is 5.11 Å². The van der Waals surface area contributed by atoms with E-state index >= 15 is 0 Å². The van der Waals surface area contributed by atoms with Crippen LogP contribution in [0.1, 0.15) is 12.5 Å². The molecule has 0 amide bonds. The zero-order chi connectivity index (χ0) is 14.9. The van der Waals surface area contributed by atoms with Crippen LogP contribution in [0, 0.1) is 22.0 Å². The molecule has 1 saturated heterocycles. The Morgan fingerprint density at radius 1 is 1.60 bits per heavy atom. The lowest BCUT2D eigenvalue weighted by Crippen LogP contribution is -2.50. The molecule has 1 aromatic carbocycles. The van der Waals surface area contributed by atoms with Crippen LogP contribution in [0.5, 0.6) is 0 Å². The van der Waals surface area contributed by atoms with E-state index in [0.29, 0.717) is 11.0 Å². The molecule has 0 aromatic heterocycles. The van der Waals surface area contributed by atoms with Crippen LogP contribution in [0.15, 0.2) is 22.7 Å². The Bertz CT molecular complexity index is 543. The minimum Gasteiger partial charge on any atom is -0.481 e. The number of nitrogens with zero attached hydrogens (tertiary/aromatic N) is 2. The fraction of sp³-hybridized carbons (Fsp3) is 0.462. The molecule has 108 valence electrons. The number of hydrogen-bond donors (Lipinski definition) is 1. The zero-order valence-electron chi connectivity index (χ0n) is 11.0.